The molecule has 0 radical (unpaired) electrons. The fourth-order valence-corrected chi connectivity index (χ4v) is 5.32. The number of imidazole rings is 1. The van der Waals surface area contributed by atoms with Crippen molar-refractivity contribution >= 4 is 23.4 Å². The minimum atomic E-state index is -1.01. The molecule has 8 heteroatoms. The summed E-state index contributed by atoms with van der Waals surface area (Å²) >= 11 is 0. The number of carbonyl (C=O) groups is 3. The monoisotopic (exact) mass is 449 g/mol. The van der Waals surface area contributed by atoms with Crippen molar-refractivity contribution in [1.82, 2.24) is 19.8 Å². The van der Waals surface area contributed by atoms with Crippen LogP contribution in [0.4, 0.5) is 5.69 Å². The highest BCUT2D eigenvalue weighted by Crippen LogP contribution is 2.39. The topological polar surface area (TPSA) is 96.3 Å². The first kappa shape index (κ1) is 21.7. The molecule has 8 nitrogen and oxygen atoms in total. The Kier molecular flexibility index (Phi) is 5.26. The number of carbonyl (C=O) groups excluding carboxylic acids is 3. The summed E-state index contributed by atoms with van der Waals surface area (Å²) in [5.74, 6) is -0.822. The molecular formula is C25H31N5O3. The quantitative estimate of drug-likeness (QED) is 0.733. The number of rotatable bonds is 5. The maximum absolute atomic E-state index is 13.7. The van der Waals surface area contributed by atoms with Crippen LogP contribution in [0.1, 0.15) is 77.6 Å². The number of hydrogen-bond donors (Lipinski definition) is 2. The Labute approximate surface area is 193 Å². The highest BCUT2D eigenvalue weighted by atomic mass is 16.2. The van der Waals surface area contributed by atoms with Crippen molar-refractivity contribution in [3.05, 3.63) is 47.0 Å². The van der Waals surface area contributed by atoms with E-state index in [1.54, 1.807) is 9.47 Å². The van der Waals surface area contributed by atoms with Gasteiger partial charge in [-0.05, 0) is 57.6 Å². The van der Waals surface area contributed by atoms with Crippen molar-refractivity contribution in [3.8, 4) is 0 Å². The van der Waals surface area contributed by atoms with Gasteiger partial charge in [0.05, 0.1) is 12.9 Å². The molecule has 2 N–H and O–H groups in total. The van der Waals surface area contributed by atoms with E-state index in [4.69, 9.17) is 0 Å². The lowest BCUT2D eigenvalue weighted by atomic mass is 9.93. The van der Waals surface area contributed by atoms with E-state index in [1.165, 1.54) is 6.33 Å². The van der Waals surface area contributed by atoms with E-state index in [0.29, 0.717) is 0 Å². The van der Waals surface area contributed by atoms with Gasteiger partial charge in [-0.25, -0.2) is 4.98 Å². The maximum atomic E-state index is 13.7. The predicted molar refractivity (Wildman–Crippen MR) is 124 cm³/mol. The Hall–Kier alpha value is -3.16. The van der Waals surface area contributed by atoms with Gasteiger partial charge in [0.2, 0.25) is 5.91 Å². The summed E-state index contributed by atoms with van der Waals surface area (Å²) in [4.78, 5) is 46.4. The van der Waals surface area contributed by atoms with Crippen LogP contribution in [0.15, 0.2) is 24.5 Å². The van der Waals surface area contributed by atoms with E-state index in [0.717, 1.165) is 55.3 Å². The standard InChI is InChI=1S/C25H31N5O3/c1-15-7-6-8-16(2)19(15)28-22(31)20-21-23(32)30(18-11-12-18)25(3,13-29(21)14-26-20)24(33)27-17-9-4-5-10-17/h6-8,14,17-18H,4-5,9-13H2,1-3H3,(H,27,33)(H,28,31). The first-order valence-corrected chi connectivity index (χ1v) is 11.9. The molecule has 1 aliphatic heterocycles. The van der Waals surface area contributed by atoms with Gasteiger partial charge >= 0.3 is 0 Å². The number of aromatic nitrogens is 2. The number of fused-ring (bicyclic) bond motifs is 1. The highest BCUT2D eigenvalue weighted by molar-refractivity contribution is 6.12. The van der Waals surface area contributed by atoms with E-state index < -0.39 is 11.4 Å². The lowest BCUT2D eigenvalue weighted by molar-refractivity contribution is -0.134. The predicted octanol–water partition coefficient (Wildman–Crippen LogP) is 3.19. The molecule has 0 saturated heterocycles. The van der Waals surface area contributed by atoms with Crippen molar-refractivity contribution in [1.29, 1.82) is 0 Å². The largest absolute Gasteiger partial charge is 0.351 e. The molecule has 2 aromatic rings. The summed E-state index contributed by atoms with van der Waals surface area (Å²) in [6, 6.07) is 6.00. The molecule has 3 amide bonds. The Bertz CT molecular complexity index is 1110. The molecule has 2 aliphatic carbocycles. The summed E-state index contributed by atoms with van der Waals surface area (Å²) < 4.78 is 1.68. The van der Waals surface area contributed by atoms with Crippen molar-refractivity contribution in [2.45, 2.75) is 83.5 Å². The lowest BCUT2D eigenvalue weighted by Crippen LogP contribution is -2.65. The second-order valence-corrected chi connectivity index (χ2v) is 9.93. The average Bonchev–Trinajstić information content (AvgIpc) is 3.28. The van der Waals surface area contributed by atoms with Gasteiger partial charge in [-0.15, -0.1) is 0 Å². The number of anilines is 1. The Morgan fingerprint density at radius 3 is 2.39 bits per heavy atom. The van der Waals surface area contributed by atoms with Gasteiger partial charge in [-0.3, -0.25) is 14.4 Å². The van der Waals surface area contributed by atoms with Gasteiger partial charge in [0, 0.05) is 17.8 Å². The zero-order chi connectivity index (χ0) is 23.3. The molecule has 1 aromatic carbocycles. The molecule has 0 bridgehead atoms. The van der Waals surface area contributed by atoms with Crippen LogP contribution in [0, 0.1) is 13.8 Å². The van der Waals surface area contributed by atoms with Gasteiger partial charge in [0.1, 0.15) is 11.2 Å². The molecule has 3 aliphatic rings. The van der Waals surface area contributed by atoms with Gasteiger partial charge in [-0.2, -0.15) is 0 Å². The van der Waals surface area contributed by atoms with E-state index in [1.807, 2.05) is 39.0 Å². The molecule has 2 fully saturated rings. The van der Waals surface area contributed by atoms with Gasteiger partial charge < -0.3 is 20.1 Å². The van der Waals surface area contributed by atoms with Crippen LogP contribution in [-0.4, -0.2) is 49.8 Å². The minimum Gasteiger partial charge on any atom is -0.351 e. The van der Waals surface area contributed by atoms with Crippen LogP contribution < -0.4 is 10.6 Å². The molecule has 174 valence electrons. The molecule has 5 rings (SSSR count). The first-order valence-electron chi connectivity index (χ1n) is 11.9. The minimum absolute atomic E-state index is 0.0231. The summed E-state index contributed by atoms with van der Waals surface area (Å²) in [6.07, 6.45) is 7.47. The number of nitrogens with one attached hydrogen (secondary N) is 2. The Balaban J connectivity index is 1.46. The van der Waals surface area contributed by atoms with Crippen LogP contribution in [0.2, 0.25) is 0 Å². The second-order valence-electron chi connectivity index (χ2n) is 9.93. The molecule has 1 aromatic heterocycles. The zero-order valence-corrected chi connectivity index (χ0v) is 19.5. The van der Waals surface area contributed by atoms with Crippen LogP contribution in [0.25, 0.3) is 0 Å². The smallest absolute Gasteiger partial charge is 0.276 e. The van der Waals surface area contributed by atoms with Crippen molar-refractivity contribution < 1.29 is 14.4 Å². The van der Waals surface area contributed by atoms with E-state index in [-0.39, 0.29) is 41.8 Å². The molecule has 2 heterocycles. The van der Waals surface area contributed by atoms with Gasteiger partial charge in [0.15, 0.2) is 5.69 Å². The molecule has 1 unspecified atom stereocenters. The van der Waals surface area contributed by atoms with E-state index in [9.17, 15) is 14.4 Å². The molecule has 0 spiro atoms. The molecule has 33 heavy (non-hydrogen) atoms. The Morgan fingerprint density at radius 2 is 1.76 bits per heavy atom. The molecule has 1 atom stereocenters. The maximum Gasteiger partial charge on any atom is 0.276 e. The van der Waals surface area contributed by atoms with Crippen molar-refractivity contribution in [3.63, 3.8) is 0 Å². The van der Waals surface area contributed by atoms with E-state index in [2.05, 4.69) is 15.6 Å². The molecular weight excluding hydrogens is 418 g/mol. The normalized spacial score (nSPS) is 22.9. The van der Waals surface area contributed by atoms with Gasteiger partial charge in [-0.1, -0.05) is 31.0 Å². The third kappa shape index (κ3) is 3.71. The number of para-hydroxylation sites is 1. The Morgan fingerprint density at radius 1 is 1.09 bits per heavy atom. The third-order valence-electron chi connectivity index (χ3n) is 7.30. The summed E-state index contributed by atoms with van der Waals surface area (Å²) in [5.41, 5.74) is 1.97. The fraction of sp³-hybridized carbons (Fsp3) is 0.520. The van der Waals surface area contributed by atoms with Gasteiger partial charge in [0.25, 0.3) is 11.8 Å². The van der Waals surface area contributed by atoms with Crippen LogP contribution in [0.3, 0.4) is 0 Å². The van der Waals surface area contributed by atoms with Crippen LogP contribution in [0.5, 0.6) is 0 Å². The highest BCUT2D eigenvalue weighted by Gasteiger charge is 2.54. The fourth-order valence-electron chi connectivity index (χ4n) is 5.32. The number of hydrogen-bond acceptors (Lipinski definition) is 4. The van der Waals surface area contributed by atoms with E-state index >= 15 is 0 Å². The lowest BCUT2D eigenvalue weighted by Gasteiger charge is -2.44. The third-order valence-corrected chi connectivity index (χ3v) is 7.30. The van der Waals surface area contributed by atoms with Crippen LogP contribution >= 0.6 is 0 Å². The SMILES string of the molecule is Cc1cccc(C)c1NC(=O)c1ncn2c1C(=O)N(C1CC1)C(C)(C(=O)NC1CCCC1)C2. The summed E-state index contributed by atoms with van der Waals surface area (Å²) in [7, 11) is 0. The zero-order valence-electron chi connectivity index (χ0n) is 19.5. The number of benzene rings is 1. The van der Waals surface area contributed by atoms with Crippen LogP contribution in [-0.2, 0) is 11.3 Å². The van der Waals surface area contributed by atoms with Crippen molar-refractivity contribution in [2.75, 3.05) is 5.32 Å². The number of nitrogens with zero attached hydrogens (tertiary/aromatic N) is 3. The summed E-state index contributed by atoms with van der Waals surface area (Å²) in [5, 5.41) is 6.12. The summed E-state index contributed by atoms with van der Waals surface area (Å²) in [6.45, 7) is 5.99. The second kappa shape index (κ2) is 8.01. The molecule has 2 saturated carbocycles. The van der Waals surface area contributed by atoms with Crippen molar-refractivity contribution in [2.24, 2.45) is 0 Å². The number of amides is 3. The average molecular weight is 450 g/mol. The first-order chi connectivity index (χ1) is 15.8. The number of aryl methyl sites for hydroxylation is 2.